The molecule has 0 bridgehead atoms. The van der Waals surface area contributed by atoms with Gasteiger partial charge in [0, 0.05) is 10.1 Å². The maximum atomic E-state index is 3.63. The third-order valence-corrected chi connectivity index (χ3v) is 4.76. The summed E-state index contributed by atoms with van der Waals surface area (Å²) in [5.41, 5.74) is 1.94. The van der Waals surface area contributed by atoms with Crippen LogP contribution in [-0.4, -0.2) is 13.1 Å². The molecular weight excluding hydrogens is 333 g/mol. The van der Waals surface area contributed by atoms with E-state index in [2.05, 4.69) is 66.0 Å². The summed E-state index contributed by atoms with van der Waals surface area (Å²) in [7, 11) is 0. The minimum atomic E-state index is 0.446. The van der Waals surface area contributed by atoms with Crippen molar-refractivity contribution >= 4 is 22.6 Å². The van der Waals surface area contributed by atoms with E-state index < -0.39 is 0 Å². The van der Waals surface area contributed by atoms with Gasteiger partial charge in [0.25, 0.3) is 0 Å². The summed E-state index contributed by atoms with van der Waals surface area (Å²) in [4.78, 5) is 0. The van der Waals surface area contributed by atoms with Crippen LogP contribution in [0.25, 0.3) is 0 Å². The summed E-state index contributed by atoms with van der Waals surface area (Å²) < 4.78 is 1.33. The van der Waals surface area contributed by atoms with Gasteiger partial charge in [-0.3, -0.25) is 0 Å². The van der Waals surface area contributed by atoms with Crippen LogP contribution < -0.4 is 5.32 Å². The third kappa shape index (κ3) is 3.95. The van der Waals surface area contributed by atoms with Crippen LogP contribution in [0.3, 0.4) is 0 Å². The first kappa shape index (κ1) is 14.3. The van der Waals surface area contributed by atoms with Crippen LogP contribution in [0.2, 0.25) is 0 Å². The summed E-state index contributed by atoms with van der Waals surface area (Å²) in [6.45, 7) is 7.01. The lowest BCUT2D eigenvalue weighted by molar-refractivity contribution is 0.256. The molecule has 0 amide bonds. The van der Waals surface area contributed by atoms with Gasteiger partial charge in [-0.15, -0.1) is 0 Å². The molecule has 1 aliphatic rings. The lowest BCUT2D eigenvalue weighted by Crippen LogP contribution is -2.36. The average molecular weight is 357 g/mol. The van der Waals surface area contributed by atoms with Crippen molar-refractivity contribution in [1.29, 1.82) is 0 Å². The molecule has 1 atom stereocenters. The topological polar surface area (TPSA) is 12.0 Å². The Bertz CT molecular complexity index is 369. The predicted octanol–water partition coefficient (Wildman–Crippen LogP) is 4.25. The van der Waals surface area contributed by atoms with E-state index in [0.717, 1.165) is 19.0 Å². The average Bonchev–Trinajstić information content (AvgIpc) is 3.17. The molecular formula is C16H24IN. The maximum absolute atomic E-state index is 3.63. The molecule has 0 saturated heterocycles. The quantitative estimate of drug-likeness (QED) is 0.568. The highest BCUT2D eigenvalue weighted by Crippen LogP contribution is 2.47. The van der Waals surface area contributed by atoms with Gasteiger partial charge in [0.2, 0.25) is 0 Å². The summed E-state index contributed by atoms with van der Waals surface area (Å²) in [5.74, 6) is 0.932. The Morgan fingerprint density at radius 3 is 2.50 bits per heavy atom. The lowest BCUT2D eigenvalue weighted by Gasteiger charge is -2.30. The minimum absolute atomic E-state index is 0.446. The first-order chi connectivity index (χ1) is 8.64. The van der Waals surface area contributed by atoms with Crippen molar-refractivity contribution in [3.8, 4) is 0 Å². The summed E-state index contributed by atoms with van der Waals surface area (Å²) in [5, 5.41) is 3.63. The molecule has 0 aromatic heterocycles. The highest BCUT2D eigenvalue weighted by molar-refractivity contribution is 14.1. The molecule has 0 radical (unpaired) electrons. The minimum Gasteiger partial charge on any atom is -0.316 e. The molecule has 1 N–H and O–H groups in total. The number of benzene rings is 1. The van der Waals surface area contributed by atoms with Crippen molar-refractivity contribution in [1.82, 2.24) is 5.32 Å². The fourth-order valence-corrected chi connectivity index (χ4v) is 3.11. The maximum Gasteiger partial charge on any atom is 0.0130 e. The van der Waals surface area contributed by atoms with E-state index in [9.17, 15) is 0 Å². The summed E-state index contributed by atoms with van der Waals surface area (Å²) >= 11 is 2.37. The van der Waals surface area contributed by atoms with Gasteiger partial charge in [-0.05, 0) is 83.8 Å². The van der Waals surface area contributed by atoms with Crippen molar-refractivity contribution in [3.05, 3.63) is 33.4 Å². The van der Waals surface area contributed by atoms with Crippen LogP contribution >= 0.6 is 22.6 Å². The van der Waals surface area contributed by atoms with Crippen LogP contribution in [0.4, 0.5) is 0 Å². The van der Waals surface area contributed by atoms with Crippen molar-refractivity contribution < 1.29 is 0 Å². The van der Waals surface area contributed by atoms with E-state index in [1.54, 1.807) is 0 Å². The molecule has 0 heterocycles. The molecule has 0 spiro atoms. The van der Waals surface area contributed by atoms with E-state index >= 15 is 0 Å². The SMILES string of the molecule is CCCNCC(C)(Cc1ccc(I)cc1)C1CC1. The molecule has 100 valence electrons. The smallest absolute Gasteiger partial charge is 0.0130 e. The van der Waals surface area contributed by atoms with Gasteiger partial charge in [-0.25, -0.2) is 0 Å². The molecule has 1 aromatic rings. The van der Waals surface area contributed by atoms with Gasteiger partial charge in [0.15, 0.2) is 0 Å². The van der Waals surface area contributed by atoms with E-state index in [1.165, 1.54) is 34.8 Å². The molecule has 1 nitrogen and oxygen atoms in total. The summed E-state index contributed by atoms with van der Waals surface area (Å²) in [6.07, 6.45) is 5.29. The van der Waals surface area contributed by atoms with Crippen LogP contribution in [0.1, 0.15) is 38.7 Å². The first-order valence-electron chi connectivity index (χ1n) is 7.09. The highest BCUT2D eigenvalue weighted by atomic mass is 127. The Balaban J connectivity index is 1.98. The fourth-order valence-electron chi connectivity index (χ4n) is 2.75. The number of halogens is 1. The van der Waals surface area contributed by atoms with Crippen LogP contribution in [0.5, 0.6) is 0 Å². The van der Waals surface area contributed by atoms with Gasteiger partial charge >= 0.3 is 0 Å². The summed E-state index contributed by atoms with van der Waals surface area (Å²) in [6, 6.07) is 9.04. The zero-order valence-electron chi connectivity index (χ0n) is 11.5. The van der Waals surface area contributed by atoms with E-state index in [1.807, 2.05) is 0 Å². The van der Waals surface area contributed by atoms with Gasteiger partial charge < -0.3 is 5.32 Å². The molecule has 1 aliphatic carbocycles. The van der Waals surface area contributed by atoms with Crippen LogP contribution in [0.15, 0.2) is 24.3 Å². The molecule has 1 saturated carbocycles. The highest BCUT2D eigenvalue weighted by Gasteiger charge is 2.40. The fraction of sp³-hybridized carbons (Fsp3) is 0.625. The van der Waals surface area contributed by atoms with Gasteiger partial charge in [-0.2, -0.15) is 0 Å². The molecule has 1 aromatic carbocycles. The molecule has 2 heteroatoms. The second-order valence-corrected chi connectivity index (χ2v) is 7.15. The Kier molecular flexibility index (Phi) is 5.07. The van der Waals surface area contributed by atoms with Crippen molar-refractivity contribution in [3.63, 3.8) is 0 Å². The number of hydrogen-bond donors (Lipinski definition) is 1. The monoisotopic (exact) mass is 357 g/mol. The van der Waals surface area contributed by atoms with Crippen molar-refractivity contribution in [2.75, 3.05) is 13.1 Å². The molecule has 0 aliphatic heterocycles. The van der Waals surface area contributed by atoms with Crippen LogP contribution in [-0.2, 0) is 6.42 Å². The Morgan fingerprint density at radius 1 is 1.28 bits per heavy atom. The van der Waals surface area contributed by atoms with Crippen LogP contribution in [0, 0.1) is 14.9 Å². The second kappa shape index (κ2) is 6.38. The van der Waals surface area contributed by atoms with E-state index in [0.29, 0.717) is 5.41 Å². The van der Waals surface area contributed by atoms with Gasteiger partial charge in [0.1, 0.15) is 0 Å². The zero-order chi connectivity index (χ0) is 13.0. The van der Waals surface area contributed by atoms with Crippen molar-refractivity contribution in [2.24, 2.45) is 11.3 Å². The molecule has 2 rings (SSSR count). The third-order valence-electron chi connectivity index (χ3n) is 4.04. The number of nitrogens with one attached hydrogen (secondary N) is 1. The van der Waals surface area contributed by atoms with Crippen molar-refractivity contribution in [2.45, 2.75) is 39.5 Å². The number of hydrogen-bond acceptors (Lipinski definition) is 1. The Labute approximate surface area is 125 Å². The van der Waals surface area contributed by atoms with Gasteiger partial charge in [0.05, 0.1) is 0 Å². The van der Waals surface area contributed by atoms with E-state index in [-0.39, 0.29) is 0 Å². The lowest BCUT2D eigenvalue weighted by atomic mass is 9.79. The Morgan fingerprint density at radius 2 is 1.94 bits per heavy atom. The number of rotatable bonds is 7. The standard InChI is InChI=1S/C16H24IN/c1-3-10-18-12-16(2,14-6-7-14)11-13-4-8-15(17)9-5-13/h4-5,8-9,14,18H,3,6-7,10-12H2,1-2H3. The normalized spacial score (nSPS) is 18.6. The first-order valence-corrected chi connectivity index (χ1v) is 8.17. The molecule has 18 heavy (non-hydrogen) atoms. The van der Waals surface area contributed by atoms with Gasteiger partial charge in [-0.1, -0.05) is 26.0 Å². The Hall–Kier alpha value is -0.0900. The largest absolute Gasteiger partial charge is 0.316 e. The predicted molar refractivity (Wildman–Crippen MR) is 86.9 cm³/mol. The molecule has 1 fully saturated rings. The molecule has 1 unspecified atom stereocenters. The zero-order valence-corrected chi connectivity index (χ0v) is 13.7. The second-order valence-electron chi connectivity index (χ2n) is 5.91. The van der Waals surface area contributed by atoms with E-state index in [4.69, 9.17) is 0 Å².